The number of nitrogens with zero attached hydrogens (tertiary/aromatic N) is 5. The Balaban J connectivity index is 1.44. The van der Waals surface area contributed by atoms with Crippen LogP contribution >= 0.6 is 11.8 Å². The molecule has 0 amide bonds. The lowest BCUT2D eigenvalue weighted by Gasteiger charge is -2.06. The maximum absolute atomic E-state index is 13.0. The van der Waals surface area contributed by atoms with E-state index in [-0.39, 0.29) is 23.6 Å². The number of nitrogens with one attached hydrogen (secondary N) is 1. The van der Waals surface area contributed by atoms with E-state index in [0.717, 1.165) is 0 Å². The Hall–Kier alpha value is -3.47. The summed E-state index contributed by atoms with van der Waals surface area (Å²) in [7, 11) is 0. The number of furan rings is 1. The molecule has 3 heterocycles. The van der Waals surface area contributed by atoms with E-state index in [0.29, 0.717) is 28.2 Å². The maximum atomic E-state index is 13.0. The number of anilines is 3. The topological polar surface area (TPSA) is 129 Å². The number of nitrogens with two attached hydrogens (primary N) is 1. The van der Waals surface area contributed by atoms with Gasteiger partial charge in [-0.1, -0.05) is 11.8 Å². The summed E-state index contributed by atoms with van der Waals surface area (Å²) < 4.78 is 23.7. The van der Waals surface area contributed by atoms with Crippen LogP contribution in [0.2, 0.25) is 0 Å². The third kappa shape index (κ3) is 4.20. The fourth-order valence-electron chi connectivity index (χ4n) is 2.11. The summed E-state index contributed by atoms with van der Waals surface area (Å²) in [5.74, 6) is 1.53. The average Bonchev–Trinajstić information content (AvgIpc) is 3.33. The SMILES string of the molecule is Nc1nc(CSc2nnc(-c3ccco3)o2)nc(Nc2ccc(F)cc2)n1. The van der Waals surface area contributed by atoms with Crippen LogP contribution in [0.3, 0.4) is 0 Å². The molecule has 27 heavy (non-hydrogen) atoms. The summed E-state index contributed by atoms with van der Waals surface area (Å²) in [5, 5.41) is 11.2. The van der Waals surface area contributed by atoms with Gasteiger partial charge in [0.25, 0.3) is 11.1 Å². The monoisotopic (exact) mass is 385 g/mol. The Morgan fingerprint density at radius 1 is 1.07 bits per heavy atom. The molecule has 9 nitrogen and oxygen atoms in total. The number of thioether (sulfide) groups is 1. The second-order valence-corrected chi connectivity index (χ2v) is 6.13. The van der Waals surface area contributed by atoms with Crippen LogP contribution < -0.4 is 11.1 Å². The normalized spacial score (nSPS) is 10.9. The molecule has 0 bridgehead atoms. The fourth-order valence-corrected chi connectivity index (χ4v) is 2.73. The maximum Gasteiger partial charge on any atom is 0.284 e. The molecule has 3 N–H and O–H groups in total. The molecule has 4 rings (SSSR count). The summed E-state index contributed by atoms with van der Waals surface area (Å²) in [6, 6.07) is 9.25. The van der Waals surface area contributed by atoms with Crippen LogP contribution in [0, 0.1) is 5.82 Å². The first-order valence-corrected chi connectivity index (χ1v) is 8.67. The molecule has 3 aromatic heterocycles. The number of nitrogen functional groups attached to an aromatic ring is 1. The summed E-state index contributed by atoms with van der Waals surface area (Å²) in [6.07, 6.45) is 1.52. The van der Waals surface area contributed by atoms with Gasteiger partial charge in [0.2, 0.25) is 11.9 Å². The van der Waals surface area contributed by atoms with Gasteiger partial charge in [-0.2, -0.15) is 15.0 Å². The van der Waals surface area contributed by atoms with Crippen molar-refractivity contribution in [2.75, 3.05) is 11.1 Å². The average molecular weight is 385 g/mol. The quantitative estimate of drug-likeness (QED) is 0.477. The van der Waals surface area contributed by atoms with Crippen molar-refractivity contribution >= 4 is 29.3 Å². The van der Waals surface area contributed by atoms with Crippen LogP contribution in [0.15, 0.2) is 56.7 Å². The van der Waals surface area contributed by atoms with Gasteiger partial charge in [0.15, 0.2) is 5.76 Å². The second-order valence-electron chi connectivity index (χ2n) is 5.20. The number of hydrogen-bond acceptors (Lipinski definition) is 10. The Labute approximate surface area is 156 Å². The van der Waals surface area contributed by atoms with E-state index in [1.165, 1.54) is 30.2 Å². The molecule has 0 aliphatic heterocycles. The Morgan fingerprint density at radius 3 is 2.70 bits per heavy atom. The number of halogens is 1. The van der Waals surface area contributed by atoms with Crippen molar-refractivity contribution in [2.45, 2.75) is 11.0 Å². The highest BCUT2D eigenvalue weighted by Crippen LogP contribution is 2.25. The van der Waals surface area contributed by atoms with Gasteiger partial charge in [-0.25, -0.2) is 4.39 Å². The summed E-state index contributed by atoms with van der Waals surface area (Å²) >= 11 is 1.25. The molecule has 136 valence electrons. The van der Waals surface area contributed by atoms with Crippen molar-refractivity contribution < 1.29 is 13.2 Å². The molecule has 0 aliphatic rings. The van der Waals surface area contributed by atoms with Crippen LogP contribution in [0.4, 0.5) is 22.0 Å². The molecular formula is C16H12FN7O2S. The van der Waals surface area contributed by atoms with Gasteiger partial charge in [0, 0.05) is 5.69 Å². The van der Waals surface area contributed by atoms with Crippen molar-refractivity contribution in [2.24, 2.45) is 0 Å². The van der Waals surface area contributed by atoms with Crippen LogP contribution in [0.5, 0.6) is 0 Å². The molecule has 0 unspecified atom stereocenters. The van der Waals surface area contributed by atoms with Crippen molar-refractivity contribution in [1.29, 1.82) is 0 Å². The molecule has 11 heteroatoms. The largest absolute Gasteiger partial charge is 0.459 e. The minimum absolute atomic E-state index is 0.0621. The minimum atomic E-state index is -0.332. The molecule has 0 atom stereocenters. The lowest BCUT2D eigenvalue weighted by molar-refractivity contribution is 0.447. The fraction of sp³-hybridized carbons (Fsp3) is 0.0625. The first kappa shape index (κ1) is 17.0. The zero-order valence-corrected chi connectivity index (χ0v) is 14.5. The predicted octanol–water partition coefficient (Wildman–Crippen LogP) is 3.27. The highest BCUT2D eigenvalue weighted by molar-refractivity contribution is 7.98. The van der Waals surface area contributed by atoms with E-state index >= 15 is 0 Å². The lowest BCUT2D eigenvalue weighted by atomic mass is 10.3. The van der Waals surface area contributed by atoms with Gasteiger partial charge in [0.05, 0.1) is 12.0 Å². The van der Waals surface area contributed by atoms with Gasteiger partial charge in [-0.3, -0.25) is 0 Å². The minimum Gasteiger partial charge on any atom is -0.459 e. The van der Waals surface area contributed by atoms with Crippen molar-refractivity contribution in [3.8, 4) is 11.7 Å². The standard InChI is InChI=1S/C16H12FN7O2S/c17-9-3-5-10(6-4-9)19-15-21-12(20-14(18)22-15)8-27-16-24-23-13(26-16)11-2-1-7-25-11/h1-7H,8H2,(H3,18,19,20,21,22). The zero-order valence-electron chi connectivity index (χ0n) is 13.7. The van der Waals surface area contributed by atoms with E-state index in [4.69, 9.17) is 14.6 Å². The van der Waals surface area contributed by atoms with Crippen LogP contribution in [0.1, 0.15) is 5.82 Å². The van der Waals surface area contributed by atoms with Crippen molar-refractivity contribution in [1.82, 2.24) is 25.1 Å². The van der Waals surface area contributed by atoms with E-state index in [1.54, 1.807) is 24.3 Å². The highest BCUT2D eigenvalue weighted by atomic mass is 32.2. The van der Waals surface area contributed by atoms with Crippen LogP contribution in [-0.4, -0.2) is 25.1 Å². The number of hydrogen-bond donors (Lipinski definition) is 2. The van der Waals surface area contributed by atoms with Gasteiger partial charge in [0.1, 0.15) is 11.6 Å². The molecule has 0 spiro atoms. The predicted molar refractivity (Wildman–Crippen MR) is 95.5 cm³/mol. The van der Waals surface area contributed by atoms with Crippen LogP contribution in [0.25, 0.3) is 11.7 Å². The van der Waals surface area contributed by atoms with E-state index < -0.39 is 0 Å². The Morgan fingerprint density at radius 2 is 1.93 bits per heavy atom. The van der Waals surface area contributed by atoms with Gasteiger partial charge < -0.3 is 19.9 Å². The third-order valence-electron chi connectivity index (χ3n) is 3.26. The lowest BCUT2D eigenvalue weighted by Crippen LogP contribution is -2.06. The zero-order chi connectivity index (χ0) is 18.6. The van der Waals surface area contributed by atoms with Gasteiger partial charge >= 0.3 is 0 Å². The molecule has 0 fully saturated rings. The highest BCUT2D eigenvalue weighted by Gasteiger charge is 2.13. The van der Waals surface area contributed by atoms with E-state index in [1.807, 2.05) is 0 Å². The second kappa shape index (κ2) is 7.41. The first-order valence-electron chi connectivity index (χ1n) is 7.69. The Bertz CT molecular complexity index is 1040. The first-order chi connectivity index (χ1) is 13.2. The third-order valence-corrected chi connectivity index (χ3v) is 4.08. The summed E-state index contributed by atoms with van der Waals surface area (Å²) in [6.45, 7) is 0. The van der Waals surface area contributed by atoms with Gasteiger partial charge in [-0.15, -0.1) is 10.2 Å². The molecule has 0 saturated carbocycles. The van der Waals surface area contributed by atoms with Crippen molar-refractivity contribution in [3.63, 3.8) is 0 Å². The molecule has 4 aromatic rings. The van der Waals surface area contributed by atoms with Crippen molar-refractivity contribution in [3.05, 3.63) is 54.3 Å². The molecule has 0 radical (unpaired) electrons. The number of rotatable bonds is 6. The molecule has 0 aliphatic carbocycles. The van der Waals surface area contributed by atoms with Crippen LogP contribution in [-0.2, 0) is 5.75 Å². The van der Waals surface area contributed by atoms with E-state index in [2.05, 4.69) is 30.5 Å². The smallest absolute Gasteiger partial charge is 0.284 e. The summed E-state index contributed by atoms with van der Waals surface area (Å²) in [4.78, 5) is 12.4. The molecular weight excluding hydrogens is 373 g/mol. The van der Waals surface area contributed by atoms with E-state index in [9.17, 15) is 4.39 Å². The van der Waals surface area contributed by atoms with Gasteiger partial charge in [-0.05, 0) is 36.4 Å². The summed E-state index contributed by atoms with van der Waals surface area (Å²) in [5.41, 5.74) is 6.36. The Kier molecular flexibility index (Phi) is 4.66. The molecule has 0 saturated heterocycles. The number of aromatic nitrogens is 5. The molecule has 1 aromatic carbocycles. The number of benzene rings is 1.